The fourth-order valence-corrected chi connectivity index (χ4v) is 5.29. The topological polar surface area (TPSA) is 91.6 Å². The summed E-state index contributed by atoms with van der Waals surface area (Å²) in [6.45, 7) is 1.69. The number of nitro groups is 1. The monoisotopic (exact) mass is 549 g/mol. The molecule has 2 saturated heterocycles. The Hall–Kier alpha value is -2.82. The summed E-state index contributed by atoms with van der Waals surface area (Å²) in [6, 6.07) is 8.15. The van der Waals surface area contributed by atoms with E-state index in [0.717, 1.165) is 36.1 Å². The summed E-state index contributed by atoms with van der Waals surface area (Å²) in [5.74, 6) is -3.37. The number of anilines is 3. The Labute approximate surface area is 210 Å². The van der Waals surface area contributed by atoms with Gasteiger partial charge in [-0.1, -0.05) is 15.9 Å². The Morgan fingerprint density at radius 2 is 1.66 bits per heavy atom. The van der Waals surface area contributed by atoms with E-state index in [1.165, 1.54) is 29.9 Å². The molecule has 1 aromatic heterocycles. The highest BCUT2D eigenvalue weighted by Crippen LogP contribution is 2.54. The average Bonchev–Trinajstić information content (AvgIpc) is 3.59. The first-order valence-electron chi connectivity index (χ1n) is 11.8. The summed E-state index contributed by atoms with van der Waals surface area (Å²) >= 11 is 3.52. The molecule has 1 N–H and O–H groups in total. The van der Waals surface area contributed by atoms with Crippen LogP contribution in [0.4, 0.5) is 31.7 Å². The van der Waals surface area contributed by atoms with E-state index >= 15 is 0 Å². The number of amides is 1. The van der Waals surface area contributed by atoms with E-state index in [-0.39, 0.29) is 30.3 Å². The van der Waals surface area contributed by atoms with Gasteiger partial charge in [0.1, 0.15) is 5.69 Å². The smallest absolute Gasteiger partial charge is 0.311 e. The van der Waals surface area contributed by atoms with Crippen LogP contribution in [0.1, 0.15) is 49.0 Å². The number of carbonyl (C=O) groups excluding carboxylic acids is 1. The molecular formula is C24H26BrF2N5O3. The average molecular weight is 550 g/mol. The Bertz CT molecular complexity index is 1150. The van der Waals surface area contributed by atoms with Crippen molar-refractivity contribution in [1.29, 1.82) is 0 Å². The molecule has 35 heavy (non-hydrogen) atoms. The molecule has 3 heterocycles. The molecule has 1 saturated carbocycles. The van der Waals surface area contributed by atoms with Crippen LogP contribution in [0.15, 0.2) is 34.8 Å². The number of hydrogen-bond donors (Lipinski definition) is 1. The lowest BCUT2D eigenvalue weighted by atomic mass is 9.93. The number of hydrogen-bond acceptors (Lipinski definition) is 6. The highest BCUT2D eigenvalue weighted by molar-refractivity contribution is 9.10. The SMILES string of the molecule is O=C(Nc1ccc(Br)cc1N1CCC2(CC1)CC2)c1ccc([N+](=O)[O-])c(N2CCC(F)(F)CC2)n1. The molecule has 186 valence electrons. The zero-order valence-corrected chi connectivity index (χ0v) is 20.7. The minimum atomic E-state index is -2.80. The summed E-state index contributed by atoms with van der Waals surface area (Å²) in [6.07, 6.45) is 4.03. The van der Waals surface area contributed by atoms with Crippen molar-refractivity contribution in [1.82, 2.24) is 4.98 Å². The number of nitrogens with one attached hydrogen (secondary N) is 1. The molecule has 2 aromatic rings. The fourth-order valence-electron chi connectivity index (χ4n) is 4.95. The Balaban J connectivity index is 1.38. The van der Waals surface area contributed by atoms with E-state index < -0.39 is 29.6 Å². The van der Waals surface area contributed by atoms with Crippen LogP contribution in [0.3, 0.4) is 0 Å². The van der Waals surface area contributed by atoms with Crippen LogP contribution in [0.2, 0.25) is 0 Å². The van der Waals surface area contributed by atoms with Crippen molar-refractivity contribution < 1.29 is 18.5 Å². The summed E-state index contributed by atoms with van der Waals surface area (Å²) in [4.78, 5) is 32.1. The molecule has 3 fully saturated rings. The summed E-state index contributed by atoms with van der Waals surface area (Å²) < 4.78 is 28.1. The van der Waals surface area contributed by atoms with Crippen LogP contribution < -0.4 is 15.1 Å². The molecule has 3 aliphatic rings. The number of benzene rings is 1. The number of halogens is 3. The van der Waals surface area contributed by atoms with Gasteiger partial charge in [0.15, 0.2) is 0 Å². The maximum absolute atomic E-state index is 13.6. The first-order chi connectivity index (χ1) is 16.6. The molecule has 1 amide bonds. The molecule has 11 heteroatoms. The van der Waals surface area contributed by atoms with E-state index in [1.54, 1.807) is 0 Å². The first kappa shape index (κ1) is 23.9. The van der Waals surface area contributed by atoms with E-state index in [2.05, 4.69) is 31.1 Å². The predicted octanol–water partition coefficient (Wildman–Crippen LogP) is 5.62. The third-order valence-corrected chi connectivity index (χ3v) is 7.90. The van der Waals surface area contributed by atoms with E-state index in [1.807, 2.05) is 18.2 Å². The number of aromatic nitrogens is 1. The highest BCUT2D eigenvalue weighted by Gasteiger charge is 2.44. The maximum Gasteiger partial charge on any atom is 0.311 e. The van der Waals surface area contributed by atoms with Gasteiger partial charge in [-0.3, -0.25) is 14.9 Å². The van der Waals surface area contributed by atoms with Crippen LogP contribution in [-0.4, -0.2) is 47.9 Å². The molecule has 1 spiro atoms. The van der Waals surface area contributed by atoms with E-state index in [4.69, 9.17) is 0 Å². The van der Waals surface area contributed by atoms with Gasteiger partial charge in [0, 0.05) is 49.6 Å². The summed E-state index contributed by atoms with van der Waals surface area (Å²) in [5.41, 5.74) is 1.74. The molecule has 5 rings (SSSR count). The number of pyridine rings is 1. The maximum atomic E-state index is 13.6. The number of nitrogens with zero attached hydrogens (tertiary/aromatic N) is 4. The lowest BCUT2D eigenvalue weighted by molar-refractivity contribution is -0.384. The molecule has 0 radical (unpaired) electrons. The number of alkyl halides is 2. The lowest BCUT2D eigenvalue weighted by Crippen LogP contribution is -2.40. The van der Waals surface area contributed by atoms with Crippen LogP contribution in [0.25, 0.3) is 0 Å². The second-order valence-corrected chi connectivity index (χ2v) is 10.7. The van der Waals surface area contributed by atoms with Crippen molar-refractivity contribution in [3.05, 3.63) is 50.6 Å². The summed E-state index contributed by atoms with van der Waals surface area (Å²) in [7, 11) is 0. The fraction of sp³-hybridized carbons (Fsp3) is 0.500. The van der Waals surface area contributed by atoms with Crippen LogP contribution in [0, 0.1) is 15.5 Å². The Morgan fingerprint density at radius 1 is 1.00 bits per heavy atom. The second kappa shape index (κ2) is 9.00. The zero-order chi connectivity index (χ0) is 24.8. The van der Waals surface area contributed by atoms with Crippen LogP contribution in [0.5, 0.6) is 0 Å². The van der Waals surface area contributed by atoms with Gasteiger partial charge in [0.05, 0.1) is 16.3 Å². The van der Waals surface area contributed by atoms with Gasteiger partial charge in [0.25, 0.3) is 11.8 Å². The molecule has 0 unspecified atom stereocenters. The van der Waals surface area contributed by atoms with Crippen LogP contribution >= 0.6 is 15.9 Å². The highest BCUT2D eigenvalue weighted by atomic mass is 79.9. The normalized spacial score (nSPS) is 20.5. The van der Waals surface area contributed by atoms with Crippen molar-refractivity contribution in [2.45, 2.75) is 44.4 Å². The Morgan fingerprint density at radius 3 is 2.29 bits per heavy atom. The lowest BCUT2D eigenvalue weighted by Gasteiger charge is -2.35. The second-order valence-electron chi connectivity index (χ2n) is 9.74. The van der Waals surface area contributed by atoms with Gasteiger partial charge in [-0.15, -0.1) is 0 Å². The molecule has 8 nitrogen and oxygen atoms in total. The Kier molecular flexibility index (Phi) is 6.14. The quantitative estimate of drug-likeness (QED) is 0.384. The van der Waals surface area contributed by atoms with Crippen molar-refractivity contribution >= 4 is 44.7 Å². The third kappa shape index (κ3) is 5.10. The van der Waals surface area contributed by atoms with Gasteiger partial charge in [-0.05, 0) is 55.4 Å². The van der Waals surface area contributed by atoms with E-state index in [0.29, 0.717) is 11.1 Å². The van der Waals surface area contributed by atoms with Gasteiger partial charge in [0.2, 0.25) is 5.82 Å². The minimum absolute atomic E-state index is 0.00706. The first-order valence-corrected chi connectivity index (χ1v) is 12.6. The van der Waals surface area contributed by atoms with Crippen LogP contribution in [-0.2, 0) is 0 Å². The molecule has 0 bridgehead atoms. The molecule has 0 atom stereocenters. The predicted molar refractivity (Wildman–Crippen MR) is 132 cm³/mol. The molecular weight excluding hydrogens is 524 g/mol. The van der Waals surface area contributed by atoms with Gasteiger partial charge in [-0.25, -0.2) is 13.8 Å². The summed E-state index contributed by atoms with van der Waals surface area (Å²) in [5, 5.41) is 14.5. The van der Waals surface area contributed by atoms with E-state index in [9.17, 15) is 23.7 Å². The van der Waals surface area contributed by atoms with Gasteiger partial charge in [-0.2, -0.15) is 0 Å². The third-order valence-electron chi connectivity index (χ3n) is 7.41. The molecule has 1 aliphatic carbocycles. The van der Waals surface area contributed by atoms with Crippen molar-refractivity contribution in [2.24, 2.45) is 5.41 Å². The molecule has 1 aromatic carbocycles. The number of rotatable bonds is 5. The van der Waals surface area contributed by atoms with Crippen molar-refractivity contribution in [2.75, 3.05) is 41.3 Å². The number of piperidine rings is 2. The van der Waals surface area contributed by atoms with Gasteiger partial charge >= 0.3 is 5.69 Å². The van der Waals surface area contributed by atoms with Crippen molar-refractivity contribution in [3.63, 3.8) is 0 Å². The number of carbonyl (C=O) groups is 1. The molecule has 2 aliphatic heterocycles. The largest absolute Gasteiger partial charge is 0.370 e. The zero-order valence-electron chi connectivity index (χ0n) is 19.1. The minimum Gasteiger partial charge on any atom is -0.370 e. The van der Waals surface area contributed by atoms with Crippen molar-refractivity contribution in [3.8, 4) is 0 Å². The van der Waals surface area contributed by atoms with Gasteiger partial charge < -0.3 is 15.1 Å². The standard InChI is InChI=1S/C24H26BrF2N5O3/c25-16-1-2-17(20(15-16)30-11-7-23(5-6-23)8-12-30)29-22(33)18-3-4-19(32(34)35)21(28-18)31-13-9-24(26,27)10-14-31/h1-4,15H,5-14H2,(H,29,33).